The molecule has 31 heavy (non-hydrogen) atoms. The molecule has 1 amide bonds. The lowest BCUT2D eigenvalue weighted by Crippen LogP contribution is -2.65. The number of carbonyl (C=O) groups is 2. The second kappa shape index (κ2) is 8.45. The first-order chi connectivity index (χ1) is 14.8. The molecule has 164 valence electrons. The van der Waals surface area contributed by atoms with E-state index < -0.39 is 17.4 Å². The van der Waals surface area contributed by atoms with Crippen LogP contribution in [-0.4, -0.2) is 34.0 Å². The van der Waals surface area contributed by atoms with E-state index in [2.05, 4.69) is 0 Å². The van der Waals surface area contributed by atoms with Crippen LogP contribution in [0.5, 0.6) is 0 Å². The fraction of sp³-hybridized carbons (Fsp3) is 0.417. The third-order valence-electron chi connectivity index (χ3n) is 6.93. The highest BCUT2D eigenvalue weighted by molar-refractivity contribution is 6.35. The molecule has 1 aliphatic carbocycles. The summed E-state index contributed by atoms with van der Waals surface area (Å²) < 4.78 is 0. The van der Waals surface area contributed by atoms with E-state index in [9.17, 15) is 14.7 Å². The molecule has 1 saturated carbocycles. The van der Waals surface area contributed by atoms with Gasteiger partial charge in [0.15, 0.2) is 0 Å². The number of carbonyl (C=O) groups excluding carboxylic acids is 1. The summed E-state index contributed by atoms with van der Waals surface area (Å²) in [5, 5.41) is 11.3. The summed E-state index contributed by atoms with van der Waals surface area (Å²) in [5.41, 5.74) is 6.87. The first kappa shape index (κ1) is 22.1. The van der Waals surface area contributed by atoms with Crippen LogP contribution in [-0.2, 0) is 10.3 Å². The molecule has 4 unspecified atom stereocenters. The smallest absolute Gasteiger partial charge is 0.313 e. The number of hydrogen-bond donors (Lipinski definition) is 2. The summed E-state index contributed by atoms with van der Waals surface area (Å²) >= 11 is 12.8. The molecular formula is C24H26Cl2N2O3. The van der Waals surface area contributed by atoms with Crippen molar-refractivity contribution < 1.29 is 14.7 Å². The molecule has 4 atom stereocenters. The normalized spacial score (nSPS) is 28.3. The van der Waals surface area contributed by atoms with E-state index in [1.807, 2.05) is 6.92 Å². The molecule has 5 nitrogen and oxygen atoms in total. The van der Waals surface area contributed by atoms with Crippen LogP contribution in [0.25, 0.3) is 0 Å². The highest BCUT2D eigenvalue weighted by Crippen LogP contribution is 2.53. The number of rotatable bonds is 4. The maximum absolute atomic E-state index is 14.0. The van der Waals surface area contributed by atoms with Gasteiger partial charge < -0.3 is 15.7 Å². The van der Waals surface area contributed by atoms with E-state index in [0.29, 0.717) is 33.2 Å². The van der Waals surface area contributed by atoms with Crippen LogP contribution in [0, 0.1) is 0 Å². The molecule has 1 heterocycles. The van der Waals surface area contributed by atoms with Gasteiger partial charge in [0.1, 0.15) is 5.92 Å². The van der Waals surface area contributed by atoms with Crippen molar-refractivity contribution in [2.75, 3.05) is 0 Å². The van der Waals surface area contributed by atoms with Crippen molar-refractivity contribution in [1.82, 2.24) is 4.90 Å². The predicted octanol–water partition coefficient (Wildman–Crippen LogP) is 5.19. The second-order valence-electron chi connectivity index (χ2n) is 8.45. The molecule has 0 aromatic heterocycles. The van der Waals surface area contributed by atoms with Gasteiger partial charge in [0, 0.05) is 27.7 Å². The summed E-state index contributed by atoms with van der Waals surface area (Å²) in [7, 11) is 0. The number of hydrogen-bond acceptors (Lipinski definition) is 3. The quantitative estimate of drug-likeness (QED) is 0.656. The highest BCUT2D eigenvalue weighted by Gasteiger charge is 2.58. The number of carboxylic acid groups (broad SMARTS) is 1. The van der Waals surface area contributed by atoms with E-state index in [-0.39, 0.29) is 18.0 Å². The van der Waals surface area contributed by atoms with Crippen molar-refractivity contribution in [3.05, 3.63) is 69.2 Å². The van der Waals surface area contributed by atoms with Gasteiger partial charge in [0.25, 0.3) is 5.91 Å². The zero-order valence-corrected chi connectivity index (χ0v) is 18.9. The van der Waals surface area contributed by atoms with E-state index in [1.165, 1.54) is 0 Å². The summed E-state index contributed by atoms with van der Waals surface area (Å²) in [4.78, 5) is 28.5. The number of nitrogens with two attached hydrogens (primary N) is 1. The summed E-state index contributed by atoms with van der Waals surface area (Å²) in [5.74, 6) is -2.18. The van der Waals surface area contributed by atoms with Crippen molar-refractivity contribution in [2.45, 2.75) is 62.6 Å². The molecule has 4 rings (SSSR count). The van der Waals surface area contributed by atoms with E-state index in [0.717, 1.165) is 25.7 Å². The van der Waals surface area contributed by atoms with E-state index >= 15 is 0 Å². The third-order valence-corrected chi connectivity index (χ3v) is 7.47. The molecule has 3 N–H and O–H groups in total. The Bertz CT molecular complexity index is 1030. The van der Waals surface area contributed by atoms with E-state index in [4.69, 9.17) is 28.9 Å². The van der Waals surface area contributed by atoms with Crippen LogP contribution in [0.4, 0.5) is 0 Å². The highest BCUT2D eigenvalue weighted by atomic mass is 35.5. The SMILES string of the molecule is CCC1(c2ccc(Cl)cc2Cl)C(C(=O)O)c2ccccc2C(=O)N1C1CCCCC1N. The Balaban J connectivity index is 2.06. The maximum atomic E-state index is 14.0. The van der Waals surface area contributed by atoms with Gasteiger partial charge >= 0.3 is 5.97 Å². The lowest BCUT2D eigenvalue weighted by molar-refractivity contribution is -0.144. The van der Waals surface area contributed by atoms with Crippen molar-refractivity contribution in [2.24, 2.45) is 5.73 Å². The average Bonchev–Trinajstić information content (AvgIpc) is 2.74. The minimum Gasteiger partial charge on any atom is -0.481 e. The molecule has 7 heteroatoms. The average molecular weight is 461 g/mol. The number of fused-ring (bicyclic) bond motifs is 1. The van der Waals surface area contributed by atoms with Gasteiger partial charge in [-0.3, -0.25) is 9.59 Å². The Labute approximate surface area is 192 Å². The maximum Gasteiger partial charge on any atom is 0.313 e. The zero-order chi connectivity index (χ0) is 22.3. The van der Waals surface area contributed by atoms with Gasteiger partial charge in [-0.15, -0.1) is 0 Å². The van der Waals surface area contributed by atoms with Crippen LogP contribution in [0.15, 0.2) is 42.5 Å². The molecule has 2 aromatic rings. The molecule has 2 aromatic carbocycles. The van der Waals surface area contributed by atoms with Crippen LogP contribution >= 0.6 is 23.2 Å². The Morgan fingerprint density at radius 2 is 1.90 bits per heavy atom. The van der Waals surface area contributed by atoms with Gasteiger partial charge in [-0.25, -0.2) is 0 Å². The summed E-state index contributed by atoms with van der Waals surface area (Å²) in [6.45, 7) is 1.91. The summed E-state index contributed by atoms with van der Waals surface area (Å²) in [6, 6.07) is 11.5. The minimum absolute atomic E-state index is 0.191. The van der Waals surface area contributed by atoms with Gasteiger partial charge in [0.2, 0.25) is 0 Å². The van der Waals surface area contributed by atoms with Crippen molar-refractivity contribution >= 4 is 35.1 Å². The third kappa shape index (κ3) is 3.43. The molecule has 1 aliphatic heterocycles. The molecule has 0 saturated heterocycles. The number of aliphatic carboxylic acids is 1. The van der Waals surface area contributed by atoms with Gasteiger partial charge in [-0.1, -0.05) is 67.2 Å². The van der Waals surface area contributed by atoms with Crippen molar-refractivity contribution in [3.8, 4) is 0 Å². The van der Waals surface area contributed by atoms with Gasteiger partial charge in [-0.2, -0.15) is 0 Å². The molecule has 0 radical (unpaired) electrons. The van der Waals surface area contributed by atoms with E-state index in [1.54, 1.807) is 47.4 Å². The standard InChI is InChI=1S/C24H26Cl2N2O3/c1-2-24(17-12-11-14(25)13-18(17)26)21(23(30)31)15-7-3-4-8-16(15)22(29)28(24)20-10-6-5-9-19(20)27/h3-4,7-8,11-13,19-21H,2,5-6,9-10,27H2,1H3,(H,30,31). The van der Waals surface area contributed by atoms with Crippen LogP contribution < -0.4 is 5.73 Å². The molecular weight excluding hydrogens is 435 g/mol. The molecule has 2 aliphatic rings. The van der Waals surface area contributed by atoms with Crippen molar-refractivity contribution in [3.63, 3.8) is 0 Å². The molecule has 1 fully saturated rings. The zero-order valence-electron chi connectivity index (χ0n) is 17.4. The largest absolute Gasteiger partial charge is 0.481 e. The first-order valence-electron chi connectivity index (χ1n) is 10.7. The topological polar surface area (TPSA) is 83.6 Å². The summed E-state index contributed by atoms with van der Waals surface area (Å²) in [6.07, 6.45) is 3.83. The van der Waals surface area contributed by atoms with Crippen LogP contribution in [0.3, 0.4) is 0 Å². The minimum atomic E-state index is -1.18. The van der Waals surface area contributed by atoms with Crippen LogP contribution in [0.1, 0.15) is 66.4 Å². The lowest BCUT2D eigenvalue weighted by atomic mass is 9.66. The molecule has 0 spiro atoms. The number of amides is 1. The number of benzene rings is 2. The second-order valence-corrected chi connectivity index (χ2v) is 9.29. The number of halogens is 2. The Kier molecular flexibility index (Phi) is 6.03. The fourth-order valence-corrected chi connectivity index (χ4v) is 6.16. The number of carboxylic acids is 1. The van der Waals surface area contributed by atoms with Gasteiger partial charge in [-0.05, 0) is 48.6 Å². The first-order valence-corrected chi connectivity index (χ1v) is 11.4. The monoisotopic (exact) mass is 460 g/mol. The van der Waals surface area contributed by atoms with Gasteiger partial charge in [0.05, 0.1) is 5.54 Å². The Morgan fingerprint density at radius 1 is 1.19 bits per heavy atom. The fourth-order valence-electron chi connectivity index (χ4n) is 5.59. The number of nitrogens with zero attached hydrogens (tertiary/aromatic N) is 1. The van der Waals surface area contributed by atoms with Crippen molar-refractivity contribution in [1.29, 1.82) is 0 Å². The van der Waals surface area contributed by atoms with Crippen LogP contribution in [0.2, 0.25) is 10.0 Å². The molecule has 0 bridgehead atoms. The lowest BCUT2D eigenvalue weighted by Gasteiger charge is -2.56. The Morgan fingerprint density at radius 3 is 2.55 bits per heavy atom. The predicted molar refractivity (Wildman–Crippen MR) is 122 cm³/mol. The Hall–Kier alpha value is -2.08.